The monoisotopic (exact) mass is 617 g/mol. The fourth-order valence-electron chi connectivity index (χ4n) is 5.13. The molecule has 1 aliphatic heterocycles. The lowest BCUT2D eigenvalue weighted by molar-refractivity contribution is -0.133. The number of nitriles is 1. The van der Waals surface area contributed by atoms with Gasteiger partial charge in [-0.3, -0.25) is 14.5 Å². The lowest BCUT2D eigenvalue weighted by Gasteiger charge is -2.39. The summed E-state index contributed by atoms with van der Waals surface area (Å²) in [4.78, 5) is 33.3. The van der Waals surface area contributed by atoms with Crippen molar-refractivity contribution in [2.45, 2.75) is 43.3 Å². The fraction of sp³-hybridized carbons (Fsp3) is 0.286. The van der Waals surface area contributed by atoms with E-state index in [1.807, 2.05) is 6.07 Å². The second kappa shape index (κ2) is 11.3. The topological polar surface area (TPSA) is 123 Å². The molecule has 2 atom stereocenters. The summed E-state index contributed by atoms with van der Waals surface area (Å²) in [6.45, 7) is 0. The van der Waals surface area contributed by atoms with Crippen LogP contribution in [0.4, 0.5) is 24.7 Å². The van der Waals surface area contributed by atoms with Gasteiger partial charge in [0.25, 0.3) is 11.8 Å². The Kier molecular flexibility index (Phi) is 7.87. The molecule has 1 aromatic heterocycles. The molecule has 1 saturated heterocycles. The number of alkyl halides is 2. The number of benzene rings is 2. The highest BCUT2D eigenvalue weighted by Gasteiger charge is 2.49. The molecule has 14 heteroatoms. The first kappa shape index (κ1) is 29.3. The van der Waals surface area contributed by atoms with E-state index in [2.05, 4.69) is 10.3 Å². The predicted octanol–water partition coefficient (Wildman–Crippen LogP) is 4.34. The van der Waals surface area contributed by atoms with E-state index >= 15 is 0 Å². The Morgan fingerprint density at radius 1 is 1.14 bits per heavy atom. The molecular formula is C28H23ClF3N5O4S. The van der Waals surface area contributed by atoms with E-state index in [0.717, 1.165) is 21.3 Å². The van der Waals surface area contributed by atoms with Crippen LogP contribution >= 0.6 is 11.6 Å². The molecule has 0 spiro atoms. The van der Waals surface area contributed by atoms with Gasteiger partial charge >= 0.3 is 0 Å². The van der Waals surface area contributed by atoms with Crippen LogP contribution in [0.5, 0.6) is 0 Å². The lowest BCUT2D eigenvalue weighted by Crippen LogP contribution is -2.56. The van der Waals surface area contributed by atoms with Crippen molar-refractivity contribution in [3.63, 3.8) is 0 Å². The van der Waals surface area contributed by atoms with Crippen LogP contribution in [-0.2, 0) is 19.6 Å². The van der Waals surface area contributed by atoms with Gasteiger partial charge in [-0.15, -0.1) is 0 Å². The Labute approximate surface area is 244 Å². The number of amides is 2. The summed E-state index contributed by atoms with van der Waals surface area (Å²) in [6, 6.07) is 11.4. The maximum Gasteiger partial charge on any atom is 0.252 e. The SMILES string of the molecule is N#Cc1ccnc(N2[C@H](C(=O)N(c3cccc(F)c3)C(C(=O)NC3CC(F)(F)C3)c3ccccc3Cl)CCS2(=O)=O)c1. The van der Waals surface area contributed by atoms with Crippen molar-refractivity contribution in [3.05, 3.63) is 88.8 Å². The van der Waals surface area contributed by atoms with Crippen LogP contribution in [-0.4, -0.2) is 49.0 Å². The molecule has 42 heavy (non-hydrogen) atoms. The van der Waals surface area contributed by atoms with E-state index < -0.39 is 70.3 Å². The quantitative estimate of drug-likeness (QED) is 0.421. The third-order valence-corrected chi connectivity index (χ3v) is 9.22. The number of hydrogen-bond acceptors (Lipinski definition) is 6. The number of halogens is 4. The van der Waals surface area contributed by atoms with Crippen LogP contribution in [0.1, 0.15) is 36.4 Å². The fourth-order valence-corrected chi connectivity index (χ4v) is 7.06. The van der Waals surface area contributed by atoms with Crippen LogP contribution in [0.25, 0.3) is 0 Å². The van der Waals surface area contributed by atoms with Crippen molar-refractivity contribution in [2.75, 3.05) is 15.0 Å². The minimum absolute atomic E-state index is 0.0603. The Bertz CT molecular complexity index is 1690. The molecule has 0 radical (unpaired) electrons. The molecule has 2 heterocycles. The summed E-state index contributed by atoms with van der Waals surface area (Å²) >= 11 is 6.46. The van der Waals surface area contributed by atoms with Gasteiger partial charge in [-0.1, -0.05) is 35.9 Å². The minimum atomic E-state index is -4.10. The summed E-state index contributed by atoms with van der Waals surface area (Å²) in [6.07, 6.45) is -0.186. The molecule has 1 saturated carbocycles. The van der Waals surface area contributed by atoms with E-state index in [0.29, 0.717) is 0 Å². The Morgan fingerprint density at radius 3 is 2.55 bits per heavy atom. The molecule has 1 aliphatic carbocycles. The summed E-state index contributed by atoms with van der Waals surface area (Å²) < 4.78 is 68.8. The minimum Gasteiger partial charge on any atom is -0.351 e. The zero-order chi connectivity index (χ0) is 30.2. The van der Waals surface area contributed by atoms with Crippen molar-refractivity contribution in [1.82, 2.24) is 10.3 Å². The highest BCUT2D eigenvalue weighted by atomic mass is 35.5. The molecule has 2 amide bonds. The number of rotatable bonds is 7. The van der Waals surface area contributed by atoms with Gasteiger partial charge in [0.05, 0.1) is 17.4 Å². The Hall–Kier alpha value is -4.15. The first-order valence-electron chi connectivity index (χ1n) is 12.8. The summed E-state index contributed by atoms with van der Waals surface area (Å²) in [5.74, 6) is -6.09. The molecule has 218 valence electrons. The molecule has 2 fully saturated rings. The van der Waals surface area contributed by atoms with Crippen LogP contribution in [0.15, 0.2) is 66.9 Å². The maximum atomic E-state index is 14.5. The van der Waals surface area contributed by atoms with Gasteiger partial charge in [-0.2, -0.15) is 5.26 Å². The molecule has 2 aromatic carbocycles. The number of aromatic nitrogens is 1. The number of pyridine rings is 1. The van der Waals surface area contributed by atoms with Crippen molar-refractivity contribution in [1.29, 1.82) is 5.26 Å². The van der Waals surface area contributed by atoms with Gasteiger partial charge in [0.15, 0.2) is 0 Å². The van der Waals surface area contributed by atoms with Crippen molar-refractivity contribution >= 4 is 44.9 Å². The number of anilines is 2. The van der Waals surface area contributed by atoms with Crippen molar-refractivity contribution < 1.29 is 31.2 Å². The van der Waals surface area contributed by atoms with E-state index in [4.69, 9.17) is 11.6 Å². The molecule has 9 nitrogen and oxygen atoms in total. The summed E-state index contributed by atoms with van der Waals surface area (Å²) in [5, 5.41) is 11.9. The zero-order valence-corrected chi connectivity index (χ0v) is 23.3. The second-order valence-electron chi connectivity index (χ2n) is 10.0. The third-order valence-electron chi connectivity index (χ3n) is 7.08. The van der Waals surface area contributed by atoms with Crippen LogP contribution in [0.3, 0.4) is 0 Å². The van der Waals surface area contributed by atoms with Gasteiger partial charge in [0.2, 0.25) is 15.9 Å². The number of hydrogen-bond donors (Lipinski definition) is 1. The van der Waals surface area contributed by atoms with Crippen LogP contribution < -0.4 is 14.5 Å². The molecular weight excluding hydrogens is 595 g/mol. The Balaban J connectivity index is 1.63. The van der Waals surface area contributed by atoms with Crippen LogP contribution in [0.2, 0.25) is 5.02 Å². The van der Waals surface area contributed by atoms with E-state index in [-0.39, 0.29) is 34.1 Å². The average molecular weight is 618 g/mol. The second-order valence-corrected chi connectivity index (χ2v) is 12.4. The normalized spacial score (nSPS) is 19.8. The molecule has 3 aromatic rings. The Morgan fingerprint density at radius 2 is 1.88 bits per heavy atom. The summed E-state index contributed by atoms with van der Waals surface area (Å²) in [5.41, 5.74) is 0.111. The lowest BCUT2D eigenvalue weighted by atomic mass is 9.87. The van der Waals surface area contributed by atoms with Gasteiger partial charge in [0.1, 0.15) is 23.7 Å². The molecule has 5 rings (SSSR count). The molecule has 1 N–H and O–H groups in total. The van der Waals surface area contributed by atoms with Gasteiger partial charge < -0.3 is 5.32 Å². The van der Waals surface area contributed by atoms with Crippen molar-refractivity contribution in [3.8, 4) is 6.07 Å². The molecule has 2 aliphatic rings. The number of carbonyl (C=O) groups excluding carboxylic acids is 2. The van der Waals surface area contributed by atoms with Gasteiger partial charge in [-0.25, -0.2) is 30.9 Å². The first-order valence-corrected chi connectivity index (χ1v) is 14.8. The van der Waals surface area contributed by atoms with Crippen molar-refractivity contribution in [2.24, 2.45) is 0 Å². The molecule has 0 bridgehead atoms. The highest BCUT2D eigenvalue weighted by molar-refractivity contribution is 7.93. The van der Waals surface area contributed by atoms with E-state index in [9.17, 15) is 36.4 Å². The van der Waals surface area contributed by atoms with E-state index in [1.165, 1.54) is 42.6 Å². The smallest absolute Gasteiger partial charge is 0.252 e. The van der Waals surface area contributed by atoms with E-state index in [1.54, 1.807) is 12.1 Å². The zero-order valence-electron chi connectivity index (χ0n) is 21.8. The van der Waals surface area contributed by atoms with Crippen LogP contribution in [0, 0.1) is 17.1 Å². The molecule has 1 unspecified atom stereocenters. The van der Waals surface area contributed by atoms with Gasteiger partial charge in [-0.05, 0) is 42.8 Å². The third kappa shape index (κ3) is 5.77. The predicted molar refractivity (Wildman–Crippen MR) is 148 cm³/mol. The standard InChI is InChI=1S/C28H23ClF3N5O4S/c29-22-7-2-1-6-21(22)25(26(38)35-19-14-28(31,32)15-19)36(20-5-3-4-18(30)13-20)27(39)23-9-11-42(40,41)37(23)24-12-17(16-33)8-10-34-24/h1-8,10,12-13,19,23,25H,9,11,14-15H2,(H,35,38)/t23-,25?/m0/s1. The number of sulfonamides is 1. The highest BCUT2D eigenvalue weighted by Crippen LogP contribution is 2.40. The maximum absolute atomic E-state index is 14.5. The average Bonchev–Trinajstić information content (AvgIpc) is 3.25. The number of carbonyl (C=O) groups is 2. The van der Waals surface area contributed by atoms with Gasteiger partial charge in [0, 0.05) is 41.4 Å². The largest absolute Gasteiger partial charge is 0.351 e. The number of nitrogens with one attached hydrogen (secondary N) is 1. The summed E-state index contributed by atoms with van der Waals surface area (Å²) in [7, 11) is -4.10. The first-order chi connectivity index (χ1) is 19.9. The number of nitrogens with zero attached hydrogens (tertiary/aromatic N) is 4.